The number of ether oxygens (including phenoxy) is 2. The summed E-state index contributed by atoms with van der Waals surface area (Å²) < 4.78 is 25.8. The molecule has 0 radical (unpaired) electrons. The molecule has 1 aliphatic heterocycles. The maximum absolute atomic E-state index is 12.3. The van der Waals surface area contributed by atoms with Crippen LogP contribution in [0.25, 0.3) is 0 Å². The van der Waals surface area contributed by atoms with Crippen LogP contribution in [0.1, 0.15) is 110 Å². The average Bonchev–Trinajstić information content (AvgIpc) is 2.92. The number of carbonyl (C=O) groups is 1. The lowest BCUT2D eigenvalue weighted by Gasteiger charge is -2.45. The lowest BCUT2D eigenvalue weighted by Crippen LogP contribution is -2.51. The maximum atomic E-state index is 12.3. The van der Waals surface area contributed by atoms with Gasteiger partial charge in [-0.3, -0.25) is 0 Å². The summed E-state index contributed by atoms with van der Waals surface area (Å²) in [6.45, 7) is 51.4. The van der Waals surface area contributed by atoms with Gasteiger partial charge in [-0.2, -0.15) is 0 Å². The van der Waals surface area contributed by atoms with Crippen molar-refractivity contribution in [3.63, 3.8) is 0 Å². The average molecular weight is 759 g/mol. The Balaban J connectivity index is 3.54. The minimum Gasteiger partial charge on any atom is -0.456 e. The second kappa shape index (κ2) is 18.5. The molecule has 8 heteroatoms. The molecule has 4 atom stereocenters. The van der Waals surface area contributed by atoms with Crippen LogP contribution in [-0.2, 0) is 23.1 Å². The SMILES string of the molecule is C=C(C[C@H](C=CC/C(C=C[C@@H](O[Si](C(C)C)(C(C)C)C(C)C)[C@@H](C)C(=C)C)=C/[Si](C)(C)C)O[Si](C)(C)C(C)(C)C)[C@H](C)C1=CC(=O)OC(C)(C)O1. The number of carbonyl (C=O) groups excluding carboxylic acids is 1. The number of esters is 1. The van der Waals surface area contributed by atoms with E-state index in [1.165, 1.54) is 11.6 Å². The first kappa shape index (κ1) is 47.3. The van der Waals surface area contributed by atoms with E-state index in [-0.39, 0.29) is 35.1 Å². The summed E-state index contributed by atoms with van der Waals surface area (Å²) in [6, 6.07) is 0. The molecule has 0 aliphatic carbocycles. The highest BCUT2D eigenvalue weighted by atomic mass is 28.4. The molecule has 0 aromatic heterocycles. The molecule has 1 heterocycles. The second-order valence-corrected chi connectivity index (χ2v) is 34.3. The van der Waals surface area contributed by atoms with Gasteiger partial charge in [0.15, 0.2) is 8.32 Å². The number of rotatable bonds is 19. The van der Waals surface area contributed by atoms with Crippen molar-refractivity contribution >= 4 is 30.7 Å². The Morgan fingerprint density at radius 3 is 1.84 bits per heavy atom. The molecule has 292 valence electrons. The van der Waals surface area contributed by atoms with E-state index >= 15 is 0 Å². The number of hydrogen-bond donors (Lipinski definition) is 0. The van der Waals surface area contributed by atoms with Crippen LogP contribution in [-0.4, -0.2) is 48.7 Å². The Bertz CT molecular complexity index is 1300. The van der Waals surface area contributed by atoms with Crippen LogP contribution < -0.4 is 0 Å². The van der Waals surface area contributed by atoms with E-state index in [0.717, 1.165) is 17.6 Å². The molecule has 0 amide bonds. The molecule has 0 unspecified atom stereocenters. The standard InChI is InChI=1S/C43H78O5Si3/c1-30(2)35(10)39(48-51(31(3)4,32(5)6)33(7)8)26-25-37(29-49(17,18)19)23-22-24-38(47-50(20,21)42(12,13)14)27-34(9)36(11)40-28-41(44)46-43(15,16)45-40/h22,24-26,28-29,31-33,35-36,38-39H,1,9,23,27H2,2-8,10-21H3/b24-22?,26-25?,37-29-/t35-,36-,38-,39+/m0/s1. The number of hydrogen-bond acceptors (Lipinski definition) is 5. The van der Waals surface area contributed by atoms with Crippen molar-refractivity contribution in [2.24, 2.45) is 11.8 Å². The molecule has 0 saturated carbocycles. The summed E-state index contributed by atoms with van der Waals surface area (Å²) in [4.78, 5) is 12.3. The third-order valence-corrected chi connectivity index (χ3v) is 22.7. The van der Waals surface area contributed by atoms with Crippen molar-refractivity contribution in [2.45, 2.75) is 182 Å². The smallest absolute Gasteiger partial charge is 0.337 e. The molecule has 0 bridgehead atoms. The highest BCUT2D eigenvalue weighted by Gasteiger charge is 2.47. The fourth-order valence-corrected chi connectivity index (χ4v) is 15.0. The van der Waals surface area contributed by atoms with Crippen molar-refractivity contribution in [1.29, 1.82) is 0 Å². The Morgan fingerprint density at radius 1 is 0.882 bits per heavy atom. The predicted octanol–water partition coefficient (Wildman–Crippen LogP) is 13.2. The summed E-state index contributed by atoms with van der Waals surface area (Å²) in [7, 11) is -5.79. The molecular formula is C43H78O5Si3. The first-order valence-corrected chi connectivity index (χ1v) is 28.0. The van der Waals surface area contributed by atoms with Crippen LogP contribution in [0.2, 0.25) is 54.4 Å². The van der Waals surface area contributed by atoms with Crippen LogP contribution in [0.15, 0.2) is 71.7 Å². The zero-order chi connectivity index (χ0) is 39.9. The fourth-order valence-electron chi connectivity index (χ4n) is 6.81. The third-order valence-electron chi connectivity index (χ3n) is 10.9. The summed E-state index contributed by atoms with van der Waals surface area (Å²) in [5.74, 6) is -0.762. The largest absolute Gasteiger partial charge is 0.456 e. The lowest BCUT2D eigenvalue weighted by molar-refractivity contribution is -0.207. The minimum atomic E-state index is -2.12. The van der Waals surface area contributed by atoms with Gasteiger partial charge in [0, 0.05) is 25.7 Å². The minimum absolute atomic E-state index is 0.0339. The van der Waals surface area contributed by atoms with Gasteiger partial charge in [0.1, 0.15) is 5.76 Å². The summed E-state index contributed by atoms with van der Waals surface area (Å²) >= 11 is 0. The van der Waals surface area contributed by atoms with E-state index in [4.69, 9.17) is 18.3 Å². The van der Waals surface area contributed by atoms with Gasteiger partial charge in [0.2, 0.25) is 14.1 Å². The predicted molar refractivity (Wildman–Crippen MR) is 229 cm³/mol. The highest BCUT2D eigenvalue weighted by Crippen LogP contribution is 2.44. The summed E-state index contributed by atoms with van der Waals surface area (Å²) in [5, 5.41) is 0.0515. The normalized spacial score (nSPS) is 19.0. The van der Waals surface area contributed by atoms with Crippen LogP contribution in [0.5, 0.6) is 0 Å². The molecule has 0 saturated heterocycles. The molecule has 5 nitrogen and oxygen atoms in total. The second-order valence-electron chi connectivity index (χ2n) is 19.1. The van der Waals surface area contributed by atoms with Gasteiger partial charge < -0.3 is 18.3 Å². The van der Waals surface area contributed by atoms with Crippen molar-refractivity contribution in [3.8, 4) is 0 Å². The lowest BCUT2D eigenvalue weighted by atomic mass is 9.94. The van der Waals surface area contributed by atoms with Crippen LogP contribution >= 0.6 is 0 Å². The van der Waals surface area contributed by atoms with Gasteiger partial charge in [-0.1, -0.05) is 156 Å². The van der Waals surface area contributed by atoms with E-state index < -0.39 is 30.5 Å². The molecule has 1 rings (SSSR count). The van der Waals surface area contributed by atoms with Crippen molar-refractivity contribution in [3.05, 3.63) is 71.7 Å². The Labute approximate surface area is 318 Å². The van der Waals surface area contributed by atoms with Gasteiger partial charge in [-0.15, -0.1) is 0 Å². The van der Waals surface area contributed by atoms with Crippen molar-refractivity contribution in [2.75, 3.05) is 0 Å². The Morgan fingerprint density at radius 2 is 1.41 bits per heavy atom. The highest BCUT2D eigenvalue weighted by molar-refractivity contribution is 6.81. The van der Waals surface area contributed by atoms with E-state index in [1.54, 1.807) is 13.8 Å². The molecule has 0 aromatic carbocycles. The quantitative estimate of drug-likeness (QED) is 0.0568. The van der Waals surface area contributed by atoms with E-state index in [9.17, 15) is 4.79 Å². The van der Waals surface area contributed by atoms with Crippen molar-refractivity contribution in [1.82, 2.24) is 0 Å². The van der Waals surface area contributed by atoms with Crippen LogP contribution in [0.4, 0.5) is 0 Å². The van der Waals surface area contributed by atoms with Gasteiger partial charge in [0.25, 0.3) is 0 Å². The van der Waals surface area contributed by atoms with Crippen LogP contribution in [0.3, 0.4) is 0 Å². The molecule has 0 fully saturated rings. The first-order chi connectivity index (χ1) is 23.0. The summed E-state index contributed by atoms with van der Waals surface area (Å²) in [5.41, 5.74) is 7.42. The van der Waals surface area contributed by atoms with Crippen molar-refractivity contribution < 1.29 is 23.1 Å². The third kappa shape index (κ3) is 14.2. The number of cyclic esters (lactones) is 1. The monoisotopic (exact) mass is 759 g/mol. The molecule has 0 N–H and O–H groups in total. The molecular weight excluding hydrogens is 681 g/mol. The zero-order valence-corrected chi connectivity index (χ0v) is 39.4. The van der Waals surface area contributed by atoms with E-state index in [0.29, 0.717) is 28.8 Å². The van der Waals surface area contributed by atoms with Crippen LogP contribution in [0, 0.1) is 11.8 Å². The molecule has 51 heavy (non-hydrogen) atoms. The number of allylic oxidation sites excluding steroid dienone is 4. The molecule has 1 aliphatic rings. The molecule has 0 aromatic rings. The van der Waals surface area contributed by atoms with Gasteiger partial charge in [-0.25, -0.2) is 4.79 Å². The van der Waals surface area contributed by atoms with Gasteiger partial charge >= 0.3 is 5.97 Å². The fraction of sp³-hybridized carbons (Fsp3) is 0.698. The maximum Gasteiger partial charge on any atom is 0.337 e. The topological polar surface area (TPSA) is 54.0 Å². The van der Waals surface area contributed by atoms with E-state index in [1.807, 2.05) is 6.92 Å². The zero-order valence-electron chi connectivity index (χ0n) is 36.4. The van der Waals surface area contributed by atoms with Gasteiger partial charge in [-0.05, 0) is 54.5 Å². The first-order valence-electron chi connectivity index (χ1n) is 19.3. The van der Waals surface area contributed by atoms with E-state index in [2.05, 4.69) is 152 Å². The Kier molecular flexibility index (Phi) is 17.2. The molecule has 0 spiro atoms. The van der Waals surface area contributed by atoms with Gasteiger partial charge in [0.05, 0.1) is 26.4 Å². The summed E-state index contributed by atoms with van der Waals surface area (Å²) in [6.07, 6.45) is 11.8. The Hall–Kier alpha value is -1.72.